The Morgan fingerprint density at radius 3 is 1.43 bits per heavy atom. The summed E-state index contributed by atoms with van der Waals surface area (Å²) in [7, 11) is 0. The maximum absolute atomic E-state index is 12.9. The van der Waals surface area contributed by atoms with Crippen molar-refractivity contribution in [2.75, 3.05) is 138 Å². The molecule has 2 saturated carbocycles. The summed E-state index contributed by atoms with van der Waals surface area (Å²) in [5.74, 6) is 5.73. The van der Waals surface area contributed by atoms with Crippen molar-refractivity contribution in [1.82, 2.24) is 39.5 Å². The zero-order valence-corrected chi connectivity index (χ0v) is 54.7. The molecule has 0 bridgehead atoms. The highest BCUT2D eigenvalue weighted by Gasteiger charge is 2.45. The fourth-order valence-corrected chi connectivity index (χ4v) is 14.7. The van der Waals surface area contributed by atoms with Gasteiger partial charge in [0.15, 0.2) is 0 Å². The number of nitrogens with zero attached hydrogens (tertiary/aromatic N) is 12. The van der Waals surface area contributed by atoms with Crippen molar-refractivity contribution in [2.45, 2.75) is 72.1 Å². The number of amides is 2. The van der Waals surface area contributed by atoms with Crippen LogP contribution < -0.4 is 29.1 Å². The number of rotatable bonds is 18. The first-order valence-electron chi connectivity index (χ1n) is 33.6. The van der Waals surface area contributed by atoms with Gasteiger partial charge in [-0.05, 0) is 139 Å². The lowest BCUT2D eigenvalue weighted by Crippen LogP contribution is -2.49. The molecule has 0 radical (unpaired) electrons. The molecular weight excluding hydrogens is 1190 g/mol. The van der Waals surface area contributed by atoms with Crippen LogP contribution >= 0.6 is 11.6 Å². The Morgan fingerprint density at radius 1 is 0.538 bits per heavy atom. The molecule has 93 heavy (non-hydrogen) atoms. The normalized spacial score (nSPS) is 20.5. The summed E-state index contributed by atoms with van der Waals surface area (Å²) in [6, 6.07) is 37.1. The first-order chi connectivity index (χ1) is 45.4. The van der Waals surface area contributed by atoms with Crippen LogP contribution in [-0.4, -0.2) is 175 Å². The van der Waals surface area contributed by atoms with Crippen LogP contribution in [0.3, 0.4) is 0 Å². The number of hydrogen-bond acceptors (Lipinski definition) is 16. The largest absolute Gasteiger partial charge is 0.463 e. The zero-order valence-electron chi connectivity index (χ0n) is 54.0. The number of benzene rings is 5. The van der Waals surface area contributed by atoms with Crippen molar-refractivity contribution in [3.05, 3.63) is 168 Å². The fraction of sp³-hybridized carbons (Fsp3) is 0.446. The Morgan fingerprint density at radius 2 is 0.978 bits per heavy atom. The third-order valence-electron chi connectivity index (χ3n) is 19.8. The van der Waals surface area contributed by atoms with E-state index < -0.39 is 5.24 Å². The molecule has 0 N–H and O–H groups in total. The number of aromatic nitrogens is 4. The second-order valence-electron chi connectivity index (χ2n) is 26.3. The summed E-state index contributed by atoms with van der Waals surface area (Å²) in [5, 5.41) is 4.56. The highest BCUT2D eigenvalue weighted by atomic mass is 35.5. The van der Waals surface area contributed by atoms with Crippen LogP contribution in [0.15, 0.2) is 128 Å². The SMILES string of the molecule is C=CC(=O)Cl.C=CC(=O)N1CCN(c2nc(OCCCN3CC4CC4C3)nc3c2CCN(c2cc(C)cc4ccccc24)C3)CC1.Cc1cc(N2CCc3c(nc(OCCCN4CC5CC5C4)nc3N3CCN(C(=O)OCc4ccccc4)CC3)C2)c2ccccc2c1. The van der Waals surface area contributed by atoms with E-state index >= 15 is 0 Å². The highest BCUT2D eigenvalue weighted by Crippen LogP contribution is 2.46. The minimum atomic E-state index is -0.509. The van der Waals surface area contributed by atoms with E-state index in [2.05, 4.69) is 129 Å². The van der Waals surface area contributed by atoms with Gasteiger partial charge in [-0.3, -0.25) is 9.59 Å². The van der Waals surface area contributed by atoms with Gasteiger partial charge in [-0.1, -0.05) is 104 Å². The standard InChI is InChI=1S/C38H44N6O3.C33H40N6O2.C3H3ClO/c1-27-20-29-10-5-6-11-32(29)35(21-27)44-14-12-33-34(25-44)39-37(46-19-7-13-41-23-30-22-31(30)24-41)40-36(33)42-15-17-43(18-16-42)38(45)47-26-28-8-3-2-4-9-28;1-3-31(40)37-12-14-38(15-13-37)32-28-9-11-39(30-18-23(2)17-24-7-4-5-8-27(24)30)22-29(28)34-33(35-32)41-16-6-10-36-20-25-19-26(25)21-36;1-2-3(4)5/h2-6,8-11,20-21,30-31H,7,12-19,22-26H2,1H3;3-5,7-8,17-18,25-26H,1,6,9-16,19-22H2,2H3;2H,1H2. The van der Waals surface area contributed by atoms with Gasteiger partial charge < -0.3 is 53.4 Å². The average molecular weight is 1280 g/mol. The lowest BCUT2D eigenvalue weighted by atomic mass is 10.0. The number of ether oxygens (including phenoxy) is 3. The second kappa shape index (κ2) is 28.9. The van der Waals surface area contributed by atoms with Crippen LogP contribution in [0.2, 0.25) is 0 Å². The van der Waals surface area contributed by atoms with E-state index in [-0.39, 0.29) is 18.6 Å². The number of piperidine rings is 2. The molecule has 2 aromatic heterocycles. The van der Waals surface area contributed by atoms with E-state index in [0.29, 0.717) is 71.0 Å². The van der Waals surface area contributed by atoms with Crippen LogP contribution in [0.25, 0.3) is 21.5 Å². The summed E-state index contributed by atoms with van der Waals surface area (Å²) in [4.78, 5) is 72.9. The van der Waals surface area contributed by atoms with Gasteiger partial charge in [0.05, 0.1) is 37.7 Å². The number of allylic oxidation sites excluding steroid dienone is 1. The summed E-state index contributed by atoms with van der Waals surface area (Å²) >= 11 is 4.71. The Bertz CT molecular complexity index is 3840. The lowest BCUT2D eigenvalue weighted by Gasteiger charge is -2.38. The van der Waals surface area contributed by atoms with Crippen molar-refractivity contribution in [2.24, 2.45) is 23.7 Å². The predicted molar refractivity (Wildman–Crippen MR) is 368 cm³/mol. The number of anilines is 4. The third kappa shape index (κ3) is 15.4. The van der Waals surface area contributed by atoms with E-state index in [0.717, 1.165) is 130 Å². The zero-order chi connectivity index (χ0) is 64.0. The molecule has 2 aliphatic carbocycles. The van der Waals surface area contributed by atoms with Crippen molar-refractivity contribution < 1.29 is 28.6 Å². The van der Waals surface area contributed by atoms with Crippen molar-refractivity contribution in [3.8, 4) is 12.0 Å². The molecule has 4 saturated heterocycles. The number of halogens is 1. The number of hydrogen-bond donors (Lipinski definition) is 0. The lowest BCUT2D eigenvalue weighted by molar-refractivity contribution is -0.126. The van der Waals surface area contributed by atoms with E-state index in [9.17, 15) is 14.4 Å². The molecule has 19 heteroatoms. The topological polar surface area (TPSA) is 156 Å². The summed E-state index contributed by atoms with van der Waals surface area (Å²) in [6.45, 7) is 28.3. The fourth-order valence-electron chi connectivity index (χ4n) is 14.7. The van der Waals surface area contributed by atoms with Crippen molar-refractivity contribution >= 4 is 73.4 Å². The van der Waals surface area contributed by atoms with Gasteiger partial charge in [0, 0.05) is 138 Å². The molecule has 4 unspecified atom stereocenters. The number of aryl methyl sites for hydroxylation is 2. The van der Waals surface area contributed by atoms with Gasteiger partial charge in [0.25, 0.3) is 0 Å². The molecule has 5 aromatic carbocycles. The summed E-state index contributed by atoms with van der Waals surface area (Å²) in [6.07, 6.45) is 8.73. The van der Waals surface area contributed by atoms with Crippen LogP contribution in [0, 0.1) is 37.5 Å². The van der Waals surface area contributed by atoms with E-state index in [1.165, 1.54) is 100 Å². The molecule has 8 aliphatic rings. The van der Waals surface area contributed by atoms with Crippen LogP contribution in [-0.2, 0) is 46.9 Å². The number of likely N-dealkylation sites (tertiary alicyclic amines) is 2. The Balaban J connectivity index is 0.000000159. The number of fused-ring (bicyclic) bond motifs is 6. The van der Waals surface area contributed by atoms with Gasteiger partial charge in [0.2, 0.25) is 11.1 Å². The molecule has 15 rings (SSSR count). The Hall–Kier alpha value is -8.32. The molecule has 7 aromatic rings. The van der Waals surface area contributed by atoms with E-state index in [1.54, 1.807) is 4.90 Å². The number of carbonyl (C=O) groups is 3. The van der Waals surface area contributed by atoms with E-state index in [4.69, 9.17) is 45.7 Å². The van der Waals surface area contributed by atoms with E-state index in [1.807, 2.05) is 35.2 Å². The predicted octanol–water partition coefficient (Wildman–Crippen LogP) is 10.7. The maximum atomic E-state index is 12.9. The van der Waals surface area contributed by atoms with Gasteiger partial charge in [-0.25, -0.2) is 4.79 Å². The smallest absolute Gasteiger partial charge is 0.410 e. The van der Waals surface area contributed by atoms with Gasteiger partial charge in [-0.2, -0.15) is 19.9 Å². The molecular formula is C74H87ClN12O6. The van der Waals surface area contributed by atoms with Crippen molar-refractivity contribution in [3.63, 3.8) is 0 Å². The van der Waals surface area contributed by atoms with Crippen LogP contribution in [0.4, 0.5) is 27.8 Å². The molecule has 2 amide bonds. The van der Waals surface area contributed by atoms with Gasteiger partial charge in [-0.15, -0.1) is 0 Å². The average Bonchev–Trinajstić information content (AvgIpc) is 1.84. The quantitative estimate of drug-likeness (QED) is 0.0454. The van der Waals surface area contributed by atoms with Crippen LogP contribution in [0.1, 0.15) is 64.9 Å². The molecule has 6 aliphatic heterocycles. The monoisotopic (exact) mass is 1270 g/mol. The molecule has 486 valence electrons. The molecule has 8 heterocycles. The summed E-state index contributed by atoms with van der Waals surface area (Å²) < 4.78 is 18.1. The first kappa shape index (κ1) is 63.4. The maximum Gasteiger partial charge on any atom is 0.410 e. The molecule has 6 fully saturated rings. The van der Waals surface area contributed by atoms with Crippen LogP contribution in [0.5, 0.6) is 12.0 Å². The molecule has 4 atom stereocenters. The van der Waals surface area contributed by atoms with Crippen molar-refractivity contribution in [1.29, 1.82) is 0 Å². The highest BCUT2D eigenvalue weighted by molar-refractivity contribution is 6.66. The van der Waals surface area contributed by atoms with Gasteiger partial charge >= 0.3 is 18.1 Å². The molecule has 0 spiro atoms. The minimum Gasteiger partial charge on any atom is -0.463 e. The summed E-state index contributed by atoms with van der Waals surface area (Å²) in [5.41, 5.74) is 10.5. The Kier molecular flexibility index (Phi) is 19.7. The number of carbonyl (C=O) groups excluding carboxylic acids is 3. The van der Waals surface area contributed by atoms with Gasteiger partial charge in [0.1, 0.15) is 18.2 Å². The first-order valence-corrected chi connectivity index (χ1v) is 33.9. The Labute approximate surface area is 551 Å². The minimum absolute atomic E-state index is 0.00489. The third-order valence-corrected chi connectivity index (χ3v) is 19.9. The molecule has 18 nitrogen and oxygen atoms in total. The second-order valence-corrected chi connectivity index (χ2v) is 26.7. The number of piperazine rings is 2.